The minimum atomic E-state index is -0.303. The zero-order chi connectivity index (χ0) is 18.0. The number of halogens is 1. The van der Waals surface area contributed by atoms with Crippen molar-refractivity contribution < 1.29 is 14.3 Å². The van der Waals surface area contributed by atoms with E-state index in [2.05, 4.69) is 4.98 Å². The van der Waals surface area contributed by atoms with E-state index in [1.165, 1.54) is 25.1 Å². The lowest BCUT2D eigenvalue weighted by Crippen LogP contribution is -2.25. The number of ketones is 1. The number of hydrogen-bond donors (Lipinski definition) is 0. The van der Waals surface area contributed by atoms with Crippen LogP contribution in [-0.4, -0.2) is 29.6 Å². The molecule has 7 heteroatoms. The van der Waals surface area contributed by atoms with E-state index in [-0.39, 0.29) is 17.9 Å². The molecule has 128 valence electrons. The Morgan fingerprint density at radius 2 is 1.96 bits per heavy atom. The molecule has 0 atom stereocenters. The van der Waals surface area contributed by atoms with Gasteiger partial charge >= 0.3 is 0 Å². The van der Waals surface area contributed by atoms with Crippen molar-refractivity contribution in [1.82, 2.24) is 9.55 Å². The Hall–Kier alpha value is -2.86. The number of carbonyl (C=O) groups is 1. The zero-order valence-electron chi connectivity index (χ0n) is 13.7. The first-order chi connectivity index (χ1) is 12.0. The quantitative estimate of drug-likeness (QED) is 0.656. The Balaban J connectivity index is 1.96. The van der Waals surface area contributed by atoms with E-state index in [1.807, 2.05) is 0 Å². The van der Waals surface area contributed by atoms with Gasteiger partial charge in [0, 0.05) is 11.1 Å². The van der Waals surface area contributed by atoms with Crippen molar-refractivity contribution in [3.8, 4) is 11.5 Å². The van der Waals surface area contributed by atoms with Crippen LogP contribution in [0.5, 0.6) is 11.5 Å². The molecule has 0 amide bonds. The summed E-state index contributed by atoms with van der Waals surface area (Å²) in [4.78, 5) is 29.3. The first-order valence-corrected chi connectivity index (χ1v) is 7.81. The van der Waals surface area contributed by atoms with Crippen LogP contribution >= 0.6 is 11.6 Å². The van der Waals surface area contributed by atoms with Crippen molar-refractivity contribution in [2.75, 3.05) is 14.2 Å². The fraction of sp³-hybridized carbons (Fsp3) is 0.167. The molecule has 0 spiro atoms. The van der Waals surface area contributed by atoms with Crippen LogP contribution in [0.25, 0.3) is 10.9 Å². The van der Waals surface area contributed by atoms with Gasteiger partial charge in [-0.15, -0.1) is 0 Å². The molecule has 2 aromatic carbocycles. The molecular weight excluding hydrogens is 344 g/mol. The smallest absolute Gasteiger partial charge is 0.261 e. The van der Waals surface area contributed by atoms with Crippen molar-refractivity contribution in [2.24, 2.45) is 0 Å². The average molecular weight is 359 g/mol. The van der Waals surface area contributed by atoms with Gasteiger partial charge in [-0.25, -0.2) is 4.98 Å². The lowest BCUT2D eigenvalue weighted by Gasteiger charge is -2.11. The predicted molar refractivity (Wildman–Crippen MR) is 94.9 cm³/mol. The highest BCUT2D eigenvalue weighted by molar-refractivity contribution is 6.31. The molecule has 0 bridgehead atoms. The third-order valence-electron chi connectivity index (χ3n) is 3.81. The average Bonchev–Trinajstić information content (AvgIpc) is 2.63. The minimum Gasteiger partial charge on any atom is -0.497 e. The lowest BCUT2D eigenvalue weighted by atomic mass is 10.1. The highest BCUT2D eigenvalue weighted by Crippen LogP contribution is 2.25. The molecule has 0 saturated carbocycles. The molecular formula is C18H15ClN2O4. The van der Waals surface area contributed by atoms with Crippen LogP contribution in [0.3, 0.4) is 0 Å². The van der Waals surface area contributed by atoms with E-state index in [0.717, 1.165) is 0 Å². The van der Waals surface area contributed by atoms with Gasteiger partial charge in [-0.2, -0.15) is 0 Å². The van der Waals surface area contributed by atoms with E-state index >= 15 is 0 Å². The molecule has 0 radical (unpaired) electrons. The number of hydrogen-bond acceptors (Lipinski definition) is 5. The fourth-order valence-electron chi connectivity index (χ4n) is 2.51. The molecule has 1 aromatic heterocycles. The molecule has 0 saturated heterocycles. The Morgan fingerprint density at radius 1 is 1.16 bits per heavy atom. The molecule has 25 heavy (non-hydrogen) atoms. The Bertz CT molecular complexity index is 1010. The Kier molecular flexibility index (Phi) is 4.72. The highest BCUT2D eigenvalue weighted by atomic mass is 35.5. The van der Waals surface area contributed by atoms with Crippen LogP contribution in [0, 0.1) is 0 Å². The summed E-state index contributed by atoms with van der Waals surface area (Å²) in [5.41, 5.74) is 0.553. The van der Waals surface area contributed by atoms with Crippen molar-refractivity contribution in [2.45, 2.75) is 6.54 Å². The van der Waals surface area contributed by atoms with Crippen molar-refractivity contribution in [3.63, 3.8) is 0 Å². The maximum Gasteiger partial charge on any atom is 0.261 e. The number of aromatic nitrogens is 2. The molecule has 3 rings (SSSR count). The number of methoxy groups -OCH3 is 2. The second kappa shape index (κ2) is 6.94. The van der Waals surface area contributed by atoms with E-state index in [0.29, 0.717) is 33.0 Å². The summed E-state index contributed by atoms with van der Waals surface area (Å²) < 4.78 is 11.6. The number of carbonyl (C=O) groups excluding carboxylic acids is 1. The topological polar surface area (TPSA) is 70.4 Å². The molecule has 6 nitrogen and oxygen atoms in total. The van der Waals surface area contributed by atoms with Crippen LogP contribution in [0.15, 0.2) is 47.5 Å². The number of nitrogens with zero attached hydrogens (tertiary/aromatic N) is 2. The molecule has 0 N–H and O–H groups in total. The van der Waals surface area contributed by atoms with Gasteiger partial charge in [0.25, 0.3) is 5.56 Å². The summed E-state index contributed by atoms with van der Waals surface area (Å²) in [7, 11) is 3.00. The molecule has 0 aliphatic heterocycles. The molecule has 3 aromatic rings. The van der Waals surface area contributed by atoms with Gasteiger partial charge < -0.3 is 9.47 Å². The second-order valence-electron chi connectivity index (χ2n) is 5.33. The van der Waals surface area contributed by atoms with Gasteiger partial charge in [-0.05, 0) is 30.3 Å². The predicted octanol–water partition coefficient (Wildman–Crippen LogP) is 2.95. The molecule has 1 heterocycles. The maximum atomic E-state index is 12.6. The van der Waals surface area contributed by atoms with Crippen LogP contribution in [0.4, 0.5) is 0 Å². The standard InChI is InChI=1S/C18H15ClN2O4/c1-24-12-4-6-14(17(8-12)25-2)16(22)9-21-10-20-15-7-11(19)3-5-13(15)18(21)23/h3-8,10H,9H2,1-2H3. The molecule has 0 aliphatic carbocycles. The van der Waals surface area contributed by atoms with Gasteiger partial charge in [-0.1, -0.05) is 11.6 Å². The maximum absolute atomic E-state index is 12.6. The largest absolute Gasteiger partial charge is 0.497 e. The van der Waals surface area contributed by atoms with Gasteiger partial charge in [0.05, 0.1) is 43.6 Å². The minimum absolute atomic E-state index is 0.146. The molecule has 0 fully saturated rings. The summed E-state index contributed by atoms with van der Waals surface area (Å²) in [5.74, 6) is 0.699. The lowest BCUT2D eigenvalue weighted by molar-refractivity contribution is 0.0967. The summed E-state index contributed by atoms with van der Waals surface area (Å²) in [6.07, 6.45) is 1.34. The summed E-state index contributed by atoms with van der Waals surface area (Å²) in [5, 5.41) is 0.901. The van der Waals surface area contributed by atoms with E-state index in [1.54, 1.807) is 36.4 Å². The van der Waals surface area contributed by atoms with Crippen LogP contribution in [0.2, 0.25) is 5.02 Å². The third-order valence-corrected chi connectivity index (χ3v) is 4.05. The Morgan fingerprint density at radius 3 is 2.68 bits per heavy atom. The van der Waals surface area contributed by atoms with Gasteiger partial charge in [0.1, 0.15) is 11.5 Å². The van der Waals surface area contributed by atoms with Gasteiger partial charge in [0.15, 0.2) is 5.78 Å². The SMILES string of the molecule is COc1ccc(C(=O)Cn2cnc3cc(Cl)ccc3c2=O)c(OC)c1. The summed E-state index contributed by atoms with van der Waals surface area (Å²) >= 11 is 5.91. The molecule has 0 unspecified atom stereocenters. The van der Waals surface area contributed by atoms with E-state index < -0.39 is 0 Å². The normalized spacial score (nSPS) is 10.7. The van der Waals surface area contributed by atoms with Gasteiger partial charge in [0.2, 0.25) is 0 Å². The number of benzene rings is 2. The second-order valence-corrected chi connectivity index (χ2v) is 5.76. The Labute approximate surface area is 148 Å². The first kappa shape index (κ1) is 17.0. The number of Topliss-reactive ketones (excluding diaryl/α,β-unsaturated/α-hetero) is 1. The summed E-state index contributed by atoms with van der Waals surface area (Å²) in [6.45, 7) is -0.146. The number of ether oxygens (including phenoxy) is 2. The number of fused-ring (bicyclic) bond motifs is 1. The van der Waals surface area contributed by atoms with Crippen molar-refractivity contribution >= 4 is 28.3 Å². The van der Waals surface area contributed by atoms with Crippen LogP contribution < -0.4 is 15.0 Å². The number of rotatable bonds is 5. The third kappa shape index (κ3) is 3.34. The monoisotopic (exact) mass is 358 g/mol. The van der Waals surface area contributed by atoms with Gasteiger partial charge in [-0.3, -0.25) is 14.2 Å². The highest BCUT2D eigenvalue weighted by Gasteiger charge is 2.15. The zero-order valence-corrected chi connectivity index (χ0v) is 14.4. The summed E-state index contributed by atoms with van der Waals surface area (Å²) in [6, 6.07) is 9.72. The first-order valence-electron chi connectivity index (χ1n) is 7.43. The van der Waals surface area contributed by atoms with Crippen LogP contribution in [-0.2, 0) is 6.54 Å². The van der Waals surface area contributed by atoms with E-state index in [9.17, 15) is 9.59 Å². The molecule has 0 aliphatic rings. The van der Waals surface area contributed by atoms with Crippen molar-refractivity contribution in [1.29, 1.82) is 0 Å². The van der Waals surface area contributed by atoms with E-state index in [4.69, 9.17) is 21.1 Å². The van der Waals surface area contributed by atoms with Crippen molar-refractivity contribution in [3.05, 3.63) is 63.7 Å². The van der Waals surface area contributed by atoms with Crippen LogP contribution in [0.1, 0.15) is 10.4 Å². The fourth-order valence-corrected chi connectivity index (χ4v) is 2.68.